The molecule has 0 aliphatic carbocycles. The van der Waals surface area contributed by atoms with Crippen LogP contribution in [0.5, 0.6) is 0 Å². The van der Waals surface area contributed by atoms with Crippen LogP contribution in [-0.4, -0.2) is 14.3 Å². The lowest BCUT2D eigenvalue weighted by Crippen LogP contribution is -2.04. The van der Waals surface area contributed by atoms with Crippen LogP contribution in [0.2, 0.25) is 0 Å². The molecule has 0 spiro atoms. The lowest BCUT2D eigenvalue weighted by molar-refractivity contribution is 1.09. The standard InChI is InChI=1S/C36H25NS/c1-6-16-26(17-7-1)33-31-32(34(27-18-8-2-9-19-27)37(33)30-24-14-5-15-25-30)36(29-22-12-4-13-23-29)38-35(31)28-20-10-3-11-21-28/h1-25H. The second-order valence-corrected chi connectivity index (χ2v) is 10.4. The van der Waals surface area contributed by atoms with Crippen LogP contribution in [-0.2, 0) is 0 Å². The van der Waals surface area contributed by atoms with Gasteiger partial charge in [0, 0.05) is 26.5 Å². The molecule has 0 radical (unpaired) electrons. The first kappa shape index (κ1) is 22.5. The number of nitrogens with zero attached hydrogens (tertiary/aromatic N) is 1. The SMILES string of the molecule is c1ccc(C2=S=C(c3ccccc3)c3c2c(-c2ccccc2)n(-c2ccccc2)c3-c2ccccc2)cc1. The molecule has 6 aromatic rings. The van der Waals surface area contributed by atoms with Crippen molar-refractivity contribution in [1.82, 2.24) is 4.57 Å². The van der Waals surface area contributed by atoms with Crippen LogP contribution >= 0.6 is 10.9 Å². The van der Waals surface area contributed by atoms with Crippen LogP contribution in [0.4, 0.5) is 0 Å². The van der Waals surface area contributed by atoms with E-state index in [1.54, 1.807) is 0 Å². The van der Waals surface area contributed by atoms with E-state index in [2.05, 4.69) is 156 Å². The summed E-state index contributed by atoms with van der Waals surface area (Å²) in [6, 6.07) is 54.1. The Kier molecular flexibility index (Phi) is 5.73. The van der Waals surface area contributed by atoms with Crippen molar-refractivity contribution in [3.05, 3.63) is 174 Å². The first-order chi connectivity index (χ1) is 18.9. The summed E-state index contributed by atoms with van der Waals surface area (Å²) >= 11 is 0. The molecule has 2 heteroatoms. The molecule has 0 bridgehead atoms. The van der Waals surface area contributed by atoms with Crippen LogP contribution in [0.3, 0.4) is 0 Å². The average Bonchev–Trinajstić information content (AvgIpc) is 3.55. The molecule has 1 nitrogen and oxygen atoms in total. The quantitative estimate of drug-likeness (QED) is 0.207. The molecule has 7 rings (SSSR count). The summed E-state index contributed by atoms with van der Waals surface area (Å²) < 4.78 is 2.47. The van der Waals surface area contributed by atoms with Gasteiger partial charge in [0.25, 0.3) is 0 Å². The summed E-state index contributed by atoms with van der Waals surface area (Å²) in [5.41, 5.74) is 11.1. The molecule has 0 unspecified atom stereocenters. The van der Waals surface area contributed by atoms with E-state index in [4.69, 9.17) is 0 Å². The van der Waals surface area contributed by atoms with Gasteiger partial charge in [-0.2, -0.15) is 0 Å². The first-order valence-corrected chi connectivity index (χ1v) is 13.7. The number of hydrogen-bond donors (Lipinski definition) is 0. The topological polar surface area (TPSA) is 4.93 Å². The monoisotopic (exact) mass is 503 g/mol. The van der Waals surface area contributed by atoms with E-state index >= 15 is 0 Å². The molecule has 38 heavy (non-hydrogen) atoms. The van der Waals surface area contributed by atoms with Gasteiger partial charge in [0.2, 0.25) is 0 Å². The van der Waals surface area contributed by atoms with Gasteiger partial charge in [0.15, 0.2) is 0 Å². The lowest BCUT2D eigenvalue weighted by atomic mass is 9.92. The minimum absolute atomic E-state index is 1.16. The molecule has 1 aromatic heterocycles. The van der Waals surface area contributed by atoms with Crippen LogP contribution in [0.1, 0.15) is 22.3 Å². The van der Waals surface area contributed by atoms with Crippen molar-refractivity contribution in [2.75, 3.05) is 0 Å². The maximum atomic E-state index is 2.47. The number of hydrogen-bond acceptors (Lipinski definition) is 0. The van der Waals surface area contributed by atoms with E-state index in [-0.39, 0.29) is 0 Å². The Labute approximate surface area is 226 Å². The van der Waals surface area contributed by atoms with Crippen molar-refractivity contribution in [2.45, 2.75) is 0 Å². The van der Waals surface area contributed by atoms with Gasteiger partial charge in [-0.05, 0) is 34.4 Å². The van der Waals surface area contributed by atoms with E-state index in [0.717, 1.165) is 5.69 Å². The predicted octanol–water partition coefficient (Wildman–Crippen LogP) is 8.70. The third-order valence-corrected chi connectivity index (χ3v) is 8.30. The normalized spacial score (nSPS) is 12.3. The zero-order chi connectivity index (χ0) is 25.3. The molecule has 0 fully saturated rings. The number of benzene rings is 5. The molecular weight excluding hydrogens is 478 g/mol. The van der Waals surface area contributed by atoms with Crippen LogP contribution in [0.25, 0.3) is 28.2 Å². The molecule has 1 aliphatic heterocycles. The molecule has 0 saturated carbocycles. The zero-order valence-corrected chi connectivity index (χ0v) is 21.6. The highest BCUT2D eigenvalue weighted by Crippen LogP contribution is 2.45. The van der Waals surface area contributed by atoms with Crippen molar-refractivity contribution >= 4 is 20.7 Å². The van der Waals surface area contributed by atoms with E-state index in [0.29, 0.717) is 0 Å². The number of fused-ring (bicyclic) bond motifs is 1. The average molecular weight is 504 g/mol. The summed E-state index contributed by atoms with van der Waals surface area (Å²) in [5.74, 6) is 0. The molecule has 0 atom stereocenters. The number of rotatable bonds is 5. The summed E-state index contributed by atoms with van der Waals surface area (Å²) in [4.78, 5) is 2.59. The highest BCUT2D eigenvalue weighted by atomic mass is 32.1. The molecule has 0 N–H and O–H groups in total. The van der Waals surface area contributed by atoms with Gasteiger partial charge in [-0.25, -0.2) is 0 Å². The fraction of sp³-hybridized carbons (Fsp3) is 0. The molecule has 0 saturated heterocycles. The molecule has 180 valence electrons. The third-order valence-electron chi connectivity index (χ3n) is 7.01. The zero-order valence-electron chi connectivity index (χ0n) is 20.8. The van der Waals surface area contributed by atoms with Crippen molar-refractivity contribution < 1.29 is 0 Å². The van der Waals surface area contributed by atoms with Crippen molar-refractivity contribution in [3.8, 4) is 28.2 Å². The Balaban J connectivity index is 1.68. The van der Waals surface area contributed by atoms with Crippen molar-refractivity contribution in [1.29, 1.82) is 0 Å². The largest absolute Gasteiger partial charge is 0.308 e. The summed E-state index contributed by atoms with van der Waals surface area (Å²) in [7, 11) is 1.89. The lowest BCUT2D eigenvalue weighted by Gasteiger charge is -2.16. The fourth-order valence-electron chi connectivity index (χ4n) is 5.38. The van der Waals surface area contributed by atoms with Gasteiger partial charge >= 0.3 is 0 Å². The minimum Gasteiger partial charge on any atom is -0.308 e. The molecule has 2 heterocycles. The van der Waals surface area contributed by atoms with Gasteiger partial charge in [0.1, 0.15) is 0 Å². The maximum Gasteiger partial charge on any atom is 0.0628 e. The Morgan fingerprint density at radius 2 is 0.658 bits per heavy atom. The van der Waals surface area contributed by atoms with Gasteiger partial charge in [-0.3, -0.25) is 0 Å². The Morgan fingerprint density at radius 3 is 1.03 bits per heavy atom. The van der Waals surface area contributed by atoms with Crippen LogP contribution in [0, 0.1) is 0 Å². The summed E-state index contributed by atoms with van der Waals surface area (Å²) in [6.07, 6.45) is 0. The molecule has 5 aromatic carbocycles. The molecule has 1 aliphatic rings. The number of aromatic nitrogens is 1. The Hall–Kier alpha value is -4.66. The van der Waals surface area contributed by atoms with E-state index in [1.165, 1.54) is 54.5 Å². The highest BCUT2D eigenvalue weighted by molar-refractivity contribution is 8.00. The van der Waals surface area contributed by atoms with Crippen molar-refractivity contribution in [2.24, 2.45) is 0 Å². The maximum absolute atomic E-state index is 2.47. The van der Waals surface area contributed by atoms with Gasteiger partial charge in [-0.1, -0.05) is 140 Å². The highest BCUT2D eigenvalue weighted by Gasteiger charge is 2.33. The fourth-order valence-corrected chi connectivity index (χ4v) is 6.69. The summed E-state index contributed by atoms with van der Waals surface area (Å²) in [6.45, 7) is 0. The van der Waals surface area contributed by atoms with Crippen LogP contribution < -0.4 is 0 Å². The van der Waals surface area contributed by atoms with Gasteiger partial charge in [0.05, 0.1) is 11.4 Å². The predicted molar refractivity (Wildman–Crippen MR) is 164 cm³/mol. The van der Waals surface area contributed by atoms with E-state index in [1.807, 2.05) is 10.9 Å². The summed E-state index contributed by atoms with van der Waals surface area (Å²) in [5, 5.41) is 0. The number of para-hydroxylation sites is 1. The third kappa shape index (κ3) is 3.78. The van der Waals surface area contributed by atoms with Crippen molar-refractivity contribution in [3.63, 3.8) is 0 Å². The van der Waals surface area contributed by atoms with Crippen LogP contribution in [0.15, 0.2) is 152 Å². The first-order valence-electron chi connectivity index (χ1n) is 12.9. The van der Waals surface area contributed by atoms with E-state index in [9.17, 15) is 0 Å². The van der Waals surface area contributed by atoms with E-state index < -0.39 is 0 Å². The molecular formula is C36H25NS. The van der Waals surface area contributed by atoms with Gasteiger partial charge in [-0.15, -0.1) is 10.9 Å². The minimum atomic E-state index is 1.16. The second-order valence-electron chi connectivity index (χ2n) is 9.34. The Bertz CT molecular complexity index is 1680. The smallest absolute Gasteiger partial charge is 0.0628 e. The van der Waals surface area contributed by atoms with Gasteiger partial charge < -0.3 is 4.57 Å². The second kappa shape index (κ2) is 9.66. The Morgan fingerprint density at radius 1 is 0.342 bits per heavy atom. The molecule has 0 amide bonds.